The van der Waals surface area contributed by atoms with E-state index in [1.54, 1.807) is 29.8 Å². The SMILES string of the molecule is COC(=O)NCC1CN(c2ccc3c(c2)sc(=O)n3C)C(=O)O1. The number of ether oxygens (including phenoxy) is 2. The monoisotopic (exact) mass is 337 g/mol. The van der Waals surface area contributed by atoms with Crippen LogP contribution in [-0.4, -0.2) is 43.1 Å². The van der Waals surface area contributed by atoms with Gasteiger partial charge in [-0.3, -0.25) is 9.69 Å². The number of rotatable bonds is 3. The van der Waals surface area contributed by atoms with Crippen molar-refractivity contribution in [2.45, 2.75) is 6.10 Å². The minimum Gasteiger partial charge on any atom is -0.453 e. The molecule has 2 aromatic rings. The van der Waals surface area contributed by atoms with Crippen LogP contribution < -0.4 is 15.1 Å². The fourth-order valence-electron chi connectivity index (χ4n) is 2.40. The molecule has 0 spiro atoms. The topological polar surface area (TPSA) is 89.9 Å². The standard InChI is InChI=1S/C14H15N3O5S/c1-16-10-4-3-8(5-11(10)23-14(16)20)17-7-9(22-13(17)19)6-15-12(18)21-2/h3-5,9H,6-7H2,1-2H3,(H,15,18). The van der Waals surface area contributed by atoms with Gasteiger partial charge in [-0.15, -0.1) is 0 Å². The van der Waals surface area contributed by atoms with Gasteiger partial charge >= 0.3 is 17.1 Å². The van der Waals surface area contributed by atoms with Crippen LogP contribution in [0.4, 0.5) is 15.3 Å². The van der Waals surface area contributed by atoms with Crippen molar-refractivity contribution in [3.8, 4) is 0 Å². The van der Waals surface area contributed by atoms with Crippen LogP contribution in [0.3, 0.4) is 0 Å². The number of thiazole rings is 1. The molecule has 1 saturated heterocycles. The Labute approximate surface area is 135 Å². The Kier molecular flexibility index (Phi) is 3.95. The van der Waals surface area contributed by atoms with Gasteiger partial charge in [0.25, 0.3) is 0 Å². The van der Waals surface area contributed by atoms with Crippen molar-refractivity contribution in [3.05, 3.63) is 27.9 Å². The molecule has 2 amide bonds. The van der Waals surface area contributed by atoms with Gasteiger partial charge in [0.05, 0.1) is 30.4 Å². The van der Waals surface area contributed by atoms with Crippen molar-refractivity contribution >= 4 is 39.4 Å². The number of nitrogens with zero attached hydrogens (tertiary/aromatic N) is 2. The fourth-order valence-corrected chi connectivity index (χ4v) is 3.31. The normalized spacial score (nSPS) is 17.4. The highest BCUT2D eigenvalue weighted by atomic mass is 32.1. The first-order chi connectivity index (χ1) is 11.0. The minimum atomic E-state index is -0.574. The van der Waals surface area contributed by atoms with Crippen LogP contribution in [0.1, 0.15) is 0 Å². The lowest BCUT2D eigenvalue weighted by atomic mass is 10.2. The molecule has 9 heteroatoms. The zero-order valence-corrected chi connectivity index (χ0v) is 13.4. The summed E-state index contributed by atoms with van der Waals surface area (Å²) < 4.78 is 12.1. The highest BCUT2D eigenvalue weighted by Crippen LogP contribution is 2.27. The Bertz CT molecular complexity index is 827. The maximum atomic E-state index is 12.0. The van der Waals surface area contributed by atoms with Crippen LogP contribution in [0.25, 0.3) is 10.2 Å². The van der Waals surface area contributed by atoms with E-state index in [1.165, 1.54) is 12.0 Å². The first-order valence-electron chi connectivity index (χ1n) is 6.89. The molecular weight excluding hydrogens is 322 g/mol. The first kappa shape index (κ1) is 15.3. The molecule has 8 nitrogen and oxygen atoms in total. The molecule has 1 unspecified atom stereocenters. The molecule has 3 rings (SSSR count). The number of cyclic esters (lactones) is 1. The number of fused-ring (bicyclic) bond motifs is 1. The summed E-state index contributed by atoms with van der Waals surface area (Å²) in [5, 5.41) is 2.50. The summed E-state index contributed by atoms with van der Waals surface area (Å²) in [5.41, 5.74) is 1.48. The molecule has 23 heavy (non-hydrogen) atoms. The molecule has 0 bridgehead atoms. The molecule has 0 saturated carbocycles. The van der Waals surface area contributed by atoms with Crippen LogP contribution >= 0.6 is 11.3 Å². The molecule has 1 atom stereocenters. The van der Waals surface area contributed by atoms with Gasteiger partial charge in [0.2, 0.25) is 0 Å². The number of aryl methyl sites for hydroxylation is 1. The zero-order chi connectivity index (χ0) is 16.6. The van der Waals surface area contributed by atoms with Crippen molar-refractivity contribution in [2.75, 3.05) is 25.1 Å². The first-order valence-corrected chi connectivity index (χ1v) is 7.71. The van der Waals surface area contributed by atoms with E-state index in [9.17, 15) is 14.4 Å². The Morgan fingerprint density at radius 2 is 2.26 bits per heavy atom. The van der Waals surface area contributed by atoms with E-state index >= 15 is 0 Å². The van der Waals surface area contributed by atoms with Gasteiger partial charge in [0.15, 0.2) is 0 Å². The summed E-state index contributed by atoms with van der Waals surface area (Å²) in [6.07, 6.45) is -1.51. The lowest BCUT2D eigenvalue weighted by Gasteiger charge is -2.13. The van der Waals surface area contributed by atoms with E-state index < -0.39 is 18.3 Å². The van der Waals surface area contributed by atoms with Crippen molar-refractivity contribution in [1.29, 1.82) is 0 Å². The molecule has 1 aliphatic rings. The zero-order valence-electron chi connectivity index (χ0n) is 12.6. The summed E-state index contributed by atoms with van der Waals surface area (Å²) >= 11 is 1.13. The van der Waals surface area contributed by atoms with Crippen LogP contribution in [0, 0.1) is 0 Å². The van der Waals surface area contributed by atoms with Gasteiger partial charge in [-0.25, -0.2) is 9.59 Å². The Morgan fingerprint density at radius 3 is 3.00 bits per heavy atom. The maximum Gasteiger partial charge on any atom is 0.414 e. The van der Waals surface area contributed by atoms with E-state index in [4.69, 9.17) is 4.74 Å². The summed E-state index contributed by atoms with van der Waals surface area (Å²) in [7, 11) is 2.97. The van der Waals surface area contributed by atoms with Gasteiger partial charge in [-0.1, -0.05) is 11.3 Å². The van der Waals surface area contributed by atoms with E-state index in [1.807, 2.05) is 0 Å². The van der Waals surface area contributed by atoms with Crippen LogP contribution in [-0.2, 0) is 16.5 Å². The number of hydrogen-bond acceptors (Lipinski definition) is 6. The molecule has 1 aliphatic heterocycles. The summed E-state index contributed by atoms with van der Waals surface area (Å²) in [6.45, 7) is 0.492. The number of benzene rings is 1. The summed E-state index contributed by atoms with van der Waals surface area (Å²) in [4.78, 5) is 36.2. The lowest BCUT2D eigenvalue weighted by molar-refractivity contribution is 0.132. The van der Waals surface area contributed by atoms with Crippen molar-refractivity contribution < 1.29 is 19.1 Å². The second-order valence-corrected chi connectivity index (χ2v) is 6.06. The van der Waals surface area contributed by atoms with E-state index in [-0.39, 0.29) is 11.4 Å². The van der Waals surface area contributed by atoms with Gasteiger partial charge in [-0.2, -0.15) is 0 Å². The quantitative estimate of drug-likeness (QED) is 0.911. The van der Waals surface area contributed by atoms with Gasteiger partial charge in [0, 0.05) is 12.7 Å². The fraction of sp³-hybridized carbons (Fsp3) is 0.357. The number of alkyl carbamates (subject to hydrolysis) is 1. The van der Waals surface area contributed by atoms with Crippen molar-refractivity contribution in [2.24, 2.45) is 7.05 Å². The Balaban J connectivity index is 1.78. The van der Waals surface area contributed by atoms with E-state index in [2.05, 4.69) is 10.1 Å². The highest BCUT2D eigenvalue weighted by Gasteiger charge is 2.32. The molecule has 1 N–H and O–H groups in total. The third-order valence-electron chi connectivity index (χ3n) is 3.62. The molecular formula is C14H15N3O5S. The van der Waals surface area contributed by atoms with Crippen LogP contribution in [0.2, 0.25) is 0 Å². The molecule has 1 fully saturated rings. The maximum absolute atomic E-state index is 12.0. The Hall–Kier alpha value is -2.55. The smallest absolute Gasteiger partial charge is 0.414 e. The van der Waals surface area contributed by atoms with Crippen LogP contribution in [0.15, 0.2) is 23.0 Å². The molecule has 1 aromatic heterocycles. The number of nitrogens with one attached hydrogen (secondary N) is 1. The van der Waals surface area contributed by atoms with E-state index in [0.29, 0.717) is 12.2 Å². The summed E-state index contributed by atoms with van der Waals surface area (Å²) in [5.74, 6) is 0. The molecule has 0 aliphatic carbocycles. The molecule has 2 heterocycles. The Morgan fingerprint density at radius 1 is 1.48 bits per heavy atom. The number of carbonyl (C=O) groups is 2. The predicted molar refractivity (Wildman–Crippen MR) is 85.1 cm³/mol. The van der Waals surface area contributed by atoms with Crippen molar-refractivity contribution in [3.63, 3.8) is 0 Å². The number of carbonyl (C=O) groups excluding carboxylic acids is 2. The number of aromatic nitrogens is 1. The molecule has 0 radical (unpaired) electrons. The second kappa shape index (κ2) is 5.92. The highest BCUT2D eigenvalue weighted by molar-refractivity contribution is 7.16. The van der Waals surface area contributed by atoms with Crippen LogP contribution in [0.5, 0.6) is 0 Å². The third-order valence-corrected chi connectivity index (χ3v) is 4.62. The number of methoxy groups -OCH3 is 1. The van der Waals surface area contributed by atoms with Crippen molar-refractivity contribution in [1.82, 2.24) is 9.88 Å². The predicted octanol–water partition coefficient (Wildman–Crippen LogP) is 1.28. The van der Waals surface area contributed by atoms with E-state index in [0.717, 1.165) is 21.6 Å². The van der Waals surface area contributed by atoms with Gasteiger partial charge in [-0.05, 0) is 18.2 Å². The largest absolute Gasteiger partial charge is 0.453 e. The molecule has 1 aromatic carbocycles. The van der Waals surface area contributed by atoms with Gasteiger partial charge < -0.3 is 19.4 Å². The molecule has 122 valence electrons. The number of hydrogen-bond donors (Lipinski definition) is 1. The summed E-state index contributed by atoms with van der Waals surface area (Å²) in [6, 6.07) is 5.36. The average Bonchev–Trinajstić information content (AvgIpc) is 3.05. The minimum absolute atomic E-state index is 0.0543. The second-order valence-electron chi connectivity index (χ2n) is 5.07. The third kappa shape index (κ3) is 2.87. The average molecular weight is 337 g/mol. The van der Waals surface area contributed by atoms with Gasteiger partial charge in [0.1, 0.15) is 6.10 Å². The number of anilines is 1. The lowest BCUT2D eigenvalue weighted by Crippen LogP contribution is -2.34. The number of amides is 2.